The third-order valence-corrected chi connectivity index (χ3v) is 1.45. The molecule has 0 radical (unpaired) electrons. The van der Waals surface area contributed by atoms with Crippen LogP contribution in [0.2, 0.25) is 0 Å². The summed E-state index contributed by atoms with van der Waals surface area (Å²) in [6.45, 7) is -0.280. The number of nitrogens with two attached hydrogens (primary N) is 1. The second kappa shape index (κ2) is 3.29. The lowest BCUT2D eigenvalue weighted by molar-refractivity contribution is -0.141. The zero-order chi connectivity index (χ0) is 10.1. The van der Waals surface area contributed by atoms with Gasteiger partial charge in [0.1, 0.15) is 11.5 Å². The Kier molecular flexibility index (Phi) is 2.51. The average molecular weight is 194 g/mol. The molecule has 0 amide bonds. The molecule has 0 aliphatic heterocycles. The first-order valence-electron chi connectivity index (χ1n) is 3.37. The van der Waals surface area contributed by atoms with Gasteiger partial charge in [-0.05, 0) is 6.07 Å². The maximum atomic E-state index is 12.6. The Hall–Kier alpha value is -1.17. The summed E-state index contributed by atoms with van der Waals surface area (Å²) < 4.78 is 48.7. The highest BCUT2D eigenvalue weighted by atomic mass is 19.4. The molecule has 2 N–H and O–H groups in total. The van der Waals surface area contributed by atoms with Gasteiger partial charge in [-0.1, -0.05) is 0 Å². The molecule has 0 aliphatic carbocycles. The lowest BCUT2D eigenvalue weighted by Gasteiger charge is -2.06. The van der Waals surface area contributed by atoms with Crippen molar-refractivity contribution in [2.45, 2.75) is 12.7 Å². The van der Waals surface area contributed by atoms with Gasteiger partial charge in [0.15, 0.2) is 0 Å². The summed E-state index contributed by atoms with van der Waals surface area (Å²) in [7, 11) is 0. The number of hydrogen-bond donors (Lipinski definition) is 1. The van der Waals surface area contributed by atoms with Gasteiger partial charge in [-0.15, -0.1) is 0 Å². The number of halogens is 4. The van der Waals surface area contributed by atoms with E-state index in [1.807, 2.05) is 0 Å². The van der Waals surface area contributed by atoms with Crippen LogP contribution in [-0.4, -0.2) is 4.98 Å². The van der Waals surface area contributed by atoms with Crippen LogP contribution in [0.1, 0.15) is 11.3 Å². The van der Waals surface area contributed by atoms with Gasteiger partial charge in [-0.2, -0.15) is 13.2 Å². The zero-order valence-corrected chi connectivity index (χ0v) is 6.40. The van der Waals surface area contributed by atoms with Crippen molar-refractivity contribution in [2.24, 2.45) is 5.73 Å². The van der Waals surface area contributed by atoms with Crippen molar-refractivity contribution in [3.63, 3.8) is 0 Å². The first-order chi connectivity index (χ1) is 5.95. The first kappa shape index (κ1) is 9.91. The van der Waals surface area contributed by atoms with Crippen LogP contribution in [0.25, 0.3) is 0 Å². The van der Waals surface area contributed by atoms with Crippen LogP contribution in [0, 0.1) is 5.82 Å². The minimum atomic E-state index is -4.56. The van der Waals surface area contributed by atoms with Crippen LogP contribution in [-0.2, 0) is 12.7 Å². The van der Waals surface area contributed by atoms with Crippen LogP contribution in [0.5, 0.6) is 0 Å². The Labute approximate surface area is 71.4 Å². The van der Waals surface area contributed by atoms with E-state index in [0.717, 1.165) is 0 Å². The minimum Gasteiger partial charge on any atom is -0.326 e. The van der Waals surface area contributed by atoms with E-state index in [1.165, 1.54) is 0 Å². The van der Waals surface area contributed by atoms with Crippen molar-refractivity contribution in [1.82, 2.24) is 4.98 Å². The predicted octanol–water partition coefficient (Wildman–Crippen LogP) is 1.70. The first-order valence-corrected chi connectivity index (χ1v) is 3.37. The summed E-state index contributed by atoms with van der Waals surface area (Å²) in [5, 5.41) is 0. The fraction of sp³-hybridized carbons (Fsp3) is 0.286. The maximum Gasteiger partial charge on any atom is 0.433 e. The van der Waals surface area contributed by atoms with E-state index >= 15 is 0 Å². The van der Waals surface area contributed by atoms with Gasteiger partial charge in [-0.3, -0.25) is 0 Å². The Morgan fingerprint density at radius 3 is 2.46 bits per heavy atom. The number of alkyl halides is 3. The highest BCUT2D eigenvalue weighted by Crippen LogP contribution is 2.28. The number of hydrogen-bond acceptors (Lipinski definition) is 2. The molecule has 0 bridgehead atoms. The van der Waals surface area contributed by atoms with Gasteiger partial charge in [0.25, 0.3) is 0 Å². The molecular formula is C7H6F4N2. The summed E-state index contributed by atoms with van der Waals surface area (Å²) in [4.78, 5) is 2.90. The van der Waals surface area contributed by atoms with Gasteiger partial charge in [0.05, 0.1) is 6.20 Å². The molecule has 0 saturated carbocycles. The normalized spacial score (nSPS) is 11.8. The molecule has 1 aromatic heterocycles. The average Bonchev–Trinajstić information content (AvgIpc) is 2.03. The standard InChI is InChI=1S/C7H6F4N2/c8-5-3-13-6(7(9,10)11)1-4(5)2-12/h1,3H,2,12H2. The van der Waals surface area contributed by atoms with Gasteiger partial charge in [0, 0.05) is 12.1 Å². The van der Waals surface area contributed by atoms with Crippen molar-refractivity contribution >= 4 is 0 Å². The number of aromatic nitrogens is 1. The van der Waals surface area contributed by atoms with Crippen LogP contribution >= 0.6 is 0 Å². The summed E-state index contributed by atoms with van der Waals surface area (Å²) in [6.07, 6.45) is -4.04. The van der Waals surface area contributed by atoms with Crippen LogP contribution in [0.4, 0.5) is 17.6 Å². The molecule has 6 heteroatoms. The summed E-state index contributed by atoms with van der Waals surface area (Å²) in [5.41, 5.74) is 3.71. The van der Waals surface area contributed by atoms with Gasteiger partial charge in [-0.25, -0.2) is 9.37 Å². The van der Waals surface area contributed by atoms with Gasteiger partial charge >= 0.3 is 6.18 Å². The highest BCUT2D eigenvalue weighted by Gasteiger charge is 2.32. The second-order valence-corrected chi connectivity index (χ2v) is 2.36. The molecule has 0 atom stereocenters. The quantitative estimate of drug-likeness (QED) is 0.691. The Balaban J connectivity index is 3.14. The molecule has 2 nitrogen and oxygen atoms in total. The van der Waals surface area contributed by atoms with E-state index < -0.39 is 17.7 Å². The Morgan fingerprint density at radius 2 is 2.00 bits per heavy atom. The third kappa shape index (κ3) is 2.15. The molecule has 13 heavy (non-hydrogen) atoms. The van der Waals surface area contributed by atoms with Crippen molar-refractivity contribution in [2.75, 3.05) is 0 Å². The summed E-state index contributed by atoms with van der Waals surface area (Å²) in [5.74, 6) is -0.824. The van der Waals surface area contributed by atoms with E-state index in [9.17, 15) is 17.6 Å². The molecule has 1 rings (SSSR count). The number of pyridine rings is 1. The summed E-state index contributed by atoms with van der Waals surface area (Å²) in [6, 6.07) is 0.606. The van der Waals surface area contributed by atoms with E-state index in [0.29, 0.717) is 12.3 Å². The van der Waals surface area contributed by atoms with Crippen molar-refractivity contribution in [1.29, 1.82) is 0 Å². The fourth-order valence-electron chi connectivity index (χ4n) is 0.792. The van der Waals surface area contributed by atoms with Crippen molar-refractivity contribution in [3.05, 3.63) is 29.3 Å². The van der Waals surface area contributed by atoms with E-state index in [1.54, 1.807) is 0 Å². The largest absolute Gasteiger partial charge is 0.433 e. The molecule has 1 aromatic rings. The van der Waals surface area contributed by atoms with Crippen molar-refractivity contribution in [3.8, 4) is 0 Å². The molecular weight excluding hydrogens is 188 g/mol. The zero-order valence-electron chi connectivity index (χ0n) is 6.40. The fourth-order valence-corrected chi connectivity index (χ4v) is 0.792. The van der Waals surface area contributed by atoms with Crippen LogP contribution < -0.4 is 5.73 Å². The maximum absolute atomic E-state index is 12.6. The highest BCUT2D eigenvalue weighted by molar-refractivity contribution is 5.19. The molecule has 0 fully saturated rings. The smallest absolute Gasteiger partial charge is 0.326 e. The van der Waals surface area contributed by atoms with Gasteiger partial charge in [0.2, 0.25) is 0 Å². The van der Waals surface area contributed by atoms with Crippen molar-refractivity contribution < 1.29 is 17.6 Å². The second-order valence-electron chi connectivity index (χ2n) is 2.36. The number of nitrogens with zero attached hydrogens (tertiary/aromatic N) is 1. The number of rotatable bonds is 1. The Bertz CT molecular complexity index is 308. The molecule has 0 saturated heterocycles. The summed E-state index contributed by atoms with van der Waals surface area (Å²) >= 11 is 0. The van der Waals surface area contributed by atoms with E-state index in [4.69, 9.17) is 5.73 Å². The molecule has 1 heterocycles. The minimum absolute atomic E-state index is 0.192. The monoisotopic (exact) mass is 194 g/mol. The van der Waals surface area contributed by atoms with Crippen LogP contribution in [0.3, 0.4) is 0 Å². The van der Waals surface area contributed by atoms with Crippen LogP contribution in [0.15, 0.2) is 12.3 Å². The molecule has 0 aromatic carbocycles. The molecule has 0 unspecified atom stereocenters. The third-order valence-electron chi connectivity index (χ3n) is 1.45. The Morgan fingerprint density at radius 1 is 1.38 bits per heavy atom. The van der Waals surface area contributed by atoms with E-state index in [2.05, 4.69) is 4.98 Å². The lowest BCUT2D eigenvalue weighted by atomic mass is 10.2. The van der Waals surface area contributed by atoms with Gasteiger partial charge < -0.3 is 5.73 Å². The molecule has 0 aliphatic rings. The predicted molar refractivity (Wildman–Crippen MR) is 37.1 cm³/mol. The molecule has 72 valence electrons. The molecule has 0 spiro atoms. The lowest BCUT2D eigenvalue weighted by Crippen LogP contribution is -2.11. The van der Waals surface area contributed by atoms with E-state index in [-0.39, 0.29) is 12.1 Å². The topological polar surface area (TPSA) is 38.9 Å². The SMILES string of the molecule is NCc1cc(C(F)(F)F)ncc1F.